The van der Waals surface area contributed by atoms with Gasteiger partial charge >= 0.3 is 0 Å². The van der Waals surface area contributed by atoms with Gasteiger partial charge in [-0.15, -0.1) is 11.3 Å². The largest absolute Gasteiger partial charge is 0.377 e. The third-order valence-electron chi connectivity index (χ3n) is 3.55. The maximum absolute atomic E-state index is 4.50. The summed E-state index contributed by atoms with van der Waals surface area (Å²) in [6.45, 7) is 6.55. The Morgan fingerprint density at radius 3 is 2.70 bits per heavy atom. The number of aryl methyl sites for hydroxylation is 2. The molecule has 0 spiro atoms. The van der Waals surface area contributed by atoms with Crippen molar-refractivity contribution in [3.63, 3.8) is 0 Å². The van der Waals surface area contributed by atoms with Gasteiger partial charge in [0.2, 0.25) is 0 Å². The molecule has 1 N–H and O–H groups in total. The fraction of sp³-hybridized carbons (Fsp3) is 0.235. The normalized spacial score (nSPS) is 12.6. The molecular weight excluding hydrogens is 264 g/mol. The molecule has 0 bridgehead atoms. The maximum Gasteiger partial charge on any atom is 0.0933 e. The van der Waals surface area contributed by atoms with Gasteiger partial charge in [-0.3, -0.25) is 4.98 Å². The van der Waals surface area contributed by atoms with E-state index < -0.39 is 0 Å². The van der Waals surface area contributed by atoms with Crippen LogP contribution in [0.4, 0.5) is 5.69 Å². The van der Waals surface area contributed by atoms with Crippen LogP contribution in [0.3, 0.4) is 0 Å². The molecule has 3 rings (SSSR count). The van der Waals surface area contributed by atoms with Gasteiger partial charge in [-0.2, -0.15) is 0 Å². The van der Waals surface area contributed by atoms with Crippen molar-refractivity contribution in [3.8, 4) is 0 Å². The lowest BCUT2D eigenvalue weighted by Gasteiger charge is -2.16. The smallest absolute Gasteiger partial charge is 0.0933 e. The third-order valence-corrected chi connectivity index (χ3v) is 4.53. The number of anilines is 1. The Morgan fingerprint density at radius 2 is 1.95 bits per heavy atom. The first kappa shape index (κ1) is 13.1. The number of nitrogens with zero attached hydrogens (tertiary/aromatic N) is 1. The summed E-state index contributed by atoms with van der Waals surface area (Å²) in [7, 11) is 0. The van der Waals surface area contributed by atoms with Crippen LogP contribution in [0.5, 0.6) is 0 Å². The van der Waals surface area contributed by atoms with Gasteiger partial charge in [-0.1, -0.05) is 18.2 Å². The summed E-state index contributed by atoms with van der Waals surface area (Å²) < 4.78 is 0. The quantitative estimate of drug-likeness (QED) is 0.724. The van der Waals surface area contributed by atoms with E-state index in [9.17, 15) is 0 Å². The van der Waals surface area contributed by atoms with Crippen molar-refractivity contribution >= 4 is 27.9 Å². The van der Waals surface area contributed by atoms with Gasteiger partial charge in [-0.25, -0.2) is 0 Å². The van der Waals surface area contributed by atoms with Crippen molar-refractivity contribution in [1.29, 1.82) is 0 Å². The summed E-state index contributed by atoms with van der Waals surface area (Å²) in [6, 6.07) is 12.9. The van der Waals surface area contributed by atoms with E-state index in [4.69, 9.17) is 0 Å². The molecule has 0 fully saturated rings. The number of aromatic nitrogens is 1. The number of fused-ring (bicyclic) bond motifs is 1. The van der Waals surface area contributed by atoms with E-state index in [2.05, 4.69) is 61.4 Å². The van der Waals surface area contributed by atoms with Crippen molar-refractivity contribution in [2.24, 2.45) is 0 Å². The molecular formula is C17H18N2S. The van der Waals surface area contributed by atoms with Crippen molar-refractivity contribution in [1.82, 2.24) is 4.98 Å². The SMILES string of the molecule is Cc1cc(C(C)Nc2cccc3cccnc23)c(C)s1. The Bertz CT molecular complexity index is 740. The second-order valence-electron chi connectivity index (χ2n) is 5.12. The zero-order valence-corrected chi connectivity index (χ0v) is 12.8. The summed E-state index contributed by atoms with van der Waals surface area (Å²) in [4.78, 5) is 7.24. The molecule has 1 unspecified atom stereocenters. The van der Waals surface area contributed by atoms with Gasteiger partial charge in [0, 0.05) is 27.4 Å². The molecule has 0 aliphatic heterocycles. The van der Waals surface area contributed by atoms with Crippen molar-refractivity contribution in [3.05, 3.63) is 57.9 Å². The Kier molecular flexibility index (Phi) is 3.45. The second-order valence-corrected chi connectivity index (χ2v) is 6.58. The maximum atomic E-state index is 4.50. The minimum atomic E-state index is 0.285. The lowest BCUT2D eigenvalue weighted by atomic mass is 10.1. The number of benzene rings is 1. The molecule has 20 heavy (non-hydrogen) atoms. The lowest BCUT2D eigenvalue weighted by Crippen LogP contribution is -2.07. The highest BCUT2D eigenvalue weighted by atomic mass is 32.1. The fourth-order valence-corrected chi connectivity index (χ4v) is 3.63. The predicted molar refractivity (Wildman–Crippen MR) is 87.6 cm³/mol. The summed E-state index contributed by atoms with van der Waals surface area (Å²) in [5.41, 5.74) is 3.51. The van der Waals surface area contributed by atoms with E-state index >= 15 is 0 Å². The first-order chi connectivity index (χ1) is 9.65. The van der Waals surface area contributed by atoms with Crippen molar-refractivity contribution in [2.45, 2.75) is 26.8 Å². The minimum Gasteiger partial charge on any atom is -0.377 e. The predicted octanol–water partition coefficient (Wildman–Crippen LogP) is 5.09. The zero-order chi connectivity index (χ0) is 14.1. The Labute approximate surface area is 123 Å². The van der Waals surface area contributed by atoms with E-state index in [1.165, 1.54) is 20.7 Å². The monoisotopic (exact) mass is 282 g/mol. The molecule has 102 valence electrons. The van der Waals surface area contributed by atoms with Crippen molar-refractivity contribution < 1.29 is 0 Å². The average molecular weight is 282 g/mol. The van der Waals surface area contributed by atoms with E-state index in [1.807, 2.05) is 23.6 Å². The fourth-order valence-electron chi connectivity index (χ4n) is 2.61. The van der Waals surface area contributed by atoms with Crippen LogP contribution in [0.1, 0.15) is 28.3 Å². The first-order valence-corrected chi connectivity index (χ1v) is 7.64. The van der Waals surface area contributed by atoms with Crippen LogP contribution in [-0.4, -0.2) is 4.98 Å². The highest BCUT2D eigenvalue weighted by molar-refractivity contribution is 7.12. The standard InChI is InChI=1S/C17H18N2S/c1-11-10-15(13(3)20-11)12(2)19-16-8-4-6-14-7-5-9-18-17(14)16/h4-10,12,19H,1-3H3. The van der Waals surface area contributed by atoms with Crippen LogP contribution in [-0.2, 0) is 0 Å². The van der Waals surface area contributed by atoms with Gasteiger partial charge < -0.3 is 5.32 Å². The van der Waals surface area contributed by atoms with E-state index in [0.29, 0.717) is 0 Å². The topological polar surface area (TPSA) is 24.9 Å². The molecule has 0 aliphatic carbocycles. The molecule has 1 atom stereocenters. The number of thiophene rings is 1. The molecule has 2 nitrogen and oxygen atoms in total. The van der Waals surface area contributed by atoms with Gasteiger partial charge in [0.25, 0.3) is 0 Å². The van der Waals surface area contributed by atoms with E-state index in [-0.39, 0.29) is 6.04 Å². The van der Waals surface area contributed by atoms with Crippen LogP contribution >= 0.6 is 11.3 Å². The van der Waals surface area contributed by atoms with Gasteiger partial charge in [0.05, 0.1) is 11.2 Å². The molecule has 1 aromatic carbocycles. The first-order valence-electron chi connectivity index (χ1n) is 6.82. The number of hydrogen-bond donors (Lipinski definition) is 1. The molecule has 0 radical (unpaired) electrons. The Morgan fingerprint density at radius 1 is 1.15 bits per heavy atom. The molecule has 0 saturated carbocycles. The summed E-state index contributed by atoms with van der Waals surface area (Å²) in [5.74, 6) is 0. The number of pyridine rings is 1. The highest BCUT2D eigenvalue weighted by Gasteiger charge is 2.12. The van der Waals surface area contributed by atoms with Crippen molar-refractivity contribution in [2.75, 3.05) is 5.32 Å². The Hall–Kier alpha value is -1.87. The van der Waals surface area contributed by atoms with Crippen LogP contribution < -0.4 is 5.32 Å². The number of nitrogens with one attached hydrogen (secondary N) is 1. The summed E-state index contributed by atoms with van der Waals surface area (Å²) in [6.07, 6.45) is 1.85. The molecule has 0 saturated heterocycles. The number of rotatable bonds is 3. The van der Waals surface area contributed by atoms with Gasteiger partial charge in [-0.05, 0) is 44.5 Å². The second kappa shape index (κ2) is 5.25. The van der Waals surface area contributed by atoms with E-state index in [1.54, 1.807) is 0 Å². The van der Waals surface area contributed by atoms with Crippen LogP contribution in [0.25, 0.3) is 10.9 Å². The van der Waals surface area contributed by atoms with Crippen LogP contribution in [0.15, 0.2) is 42.6 Å². The minimum absolute atomic E-state index is 0.285. The number of para-hydroxylation sites is 1. The third kappa shape index (κ3) is 2.41. The van der Waals surface area contributed by atoms with Gasteiger partial charge in [0.15, 0.2) is 0 Å². The molecule has 3 aromatic rings. The zero-order valence-electron chi connectivity index (χ0n) is 12.0. The van der Waals surface area contributed by atoms with Gasteiger partial charge in [0.1, 0.15) is 0 Å². The lowest BCUT2D eigenvalue weighted by molar-refractivity contribution is 0.883. The van der Waals surface area contributed by atoms with Crippen LogP contribution in [0, 0.1) is 13.8 Å². The molecule has 3 heteroatoms. The molecule has 2 heterocycles. The molecule has 2 aromatic heterocycles. The molecule has 0 aliphatic rings. The summed E-state index contributed by atoms with van der Waals surface area (Å²) in [5, 5.41) is 4.77. The van der Waals surface area contributed by atoms with E-state index in [0.717, 1.165) is 11.2 Å². The number of hydrogen-bond acceptors (Lipinski definition) is 3. The molecule has 0 amide bonds. The highest BCUT2D eigenvalue weighted by Crippen LogP contribution is 2.30. The average Bonchev–Trinajstić information content (AvgIpc) is 2.78. The van der Waals surface area contributed by atoms with Crippen LogP contribution in [0.2, 0.25) is 0 Å². The Balaban J connectivity index is 1.95. The summed E-state index contributed by atoms with van der Waals surface area (Å²) >= 11 is 1.86.